The number of hydrogen-bond acceptors (Lipinski definition) is 11. The fourth-order valence-corrected chi connectivity index (χ4v) is 8.29. The molecule has 0 radical (unpaired) electrons. The SMILES string of the molecule is C=C1[C@@H](CC)OC(=O)[C@H](C)[C@@H](O)[C@H](C)[C@@H](O[C@@H]2O[C@H](C)C[C@H](N(C)C)[C@H]2OC(=O)c2ccccc2)[C@](C)(OC)C[C@@H](C)[C@@H]2OC(C)(C)O[C@@H]1[C@H]2C. The molecule has 3 fully saturated rings. The summed E-state index contributed by atoms with van der Waals surface area (Å²) in [7, 11) is 5.50. The Bertz CT molecular complexity index is 1340. The molecule has 51 heavy (non-hydrogen) atoms. The van der Waals surface area contributed by atoms with E-state index in [1.165, 1.54) is 0 Å². The van der Waals surface area contributed by atoms with Gasteiger partial charge >= 0.3 is 11.9 Å². The summed E-state index contributed by atoms with van der Waals surface area (Å²) in [6.45, 7) is 21.7. The van der Waals surface area contributed by atoms with Gasteiger partial charge in [0.05, 0.1) is 53.6 Å². The largest absolute Gasteiger partial charge is 0.457 e. The second kappa shape index (κ2) is 16.7. The molecule has 4 rings (SSSR count). The Morgan fingerprint density at radius 3 is 2.27 bits per heavy atom. The lowest BCUT2D eigenvalue weighted by Crippen LogP contribution is -2.61. The molecule has 14 atom stereocenters. The van der Waals surface area contributed by atoms with Crippen molar-refractivity contribution in [1.29, 1.82) is 0 Å². The molecule has 0 aliphatic carbocycles. The lowest BCUT2D eigenvalue weighted by atomic mass is 9.74. The Kier molecular flexibility index (Phi) is 13.6. The van der Waals surface area contributed by atoms with E-state index in [2.05, 4.69) is 20.4 Å². The van der Waals surface area contributed by atoms with E-state index in [-0.39, 0.29) is 30.1 Å². The van der Waals surface area contributed by atoms with Crippen LogP contribution in [-0.4, -0.2) is 110 Å². The van der Waals surface area contributed by atoms with Crippen molar-refractivity contribution in [2.75, 3.05) is 21.2 Å². The number of fused-ring (bicyclic) bond motifs is 2. The first-order chi connectivity index (χ1) is 23.8. The van der Waals surface area contributed by atoms with Crippen LogP contribution in [-0.2, 0) is 38.0 Å². The van der Waals surface area contributed by atoms with E-state index >= 15 is 0 Å². The van der Waals surface area contributed by atoms with Gasteiger partial charge in [0.25, 0.3) is 0 Å². The standard InChI is InChI=1S/C40H63NO10/c1-14-30-24(4)33-27(7)32(50-39(8,9)51-33)22(2)21-40(10,45-13)35(25(5)31(42)26(6)36(43)47-30)49-38-34(29(41(11)12)20-23(3)46-38)48-37(44)28-18-16-15-17-19-28/h15-19,22-23,25-27,29-35,38,42H,4,14,20-21H2,1-3,5-13H3/t22-,23-,25+,26-,27+,29+,30-,31+,32+,33+,34-,35-,38+,40-/m1/s1. The maximum Gasteiger partial charge on any atom is 0.338 e. The van der Waals surface area contributed by atoms with Gasteiger partial charge in [0.15, 0.2) is 18.2 Å². The molecule has 1 N–H and O–H groups in total. The summed E-state index contributed by atoms with van der Waals surface area (Å²) >= 11 is 0. The fourth-order valence-electron chi connectivity index (χ4n) is 8.29. The number of aliphatic hydroxyl groups is 1. The van der Waals surface area contributed by atoms with E-state index in [9.17, 15) is 14.7 Å². The number of rotatable bonds is 7. The van der Waals surface area contributed by atoms with E-state index in [0.29, 0.717) is 30.4 Å². The van der Waals surface area contributed by atoms with Crippen molar-refractivity contribution in [3.8, 4) is 0 Å². The zero-order valence-corrected chi connectivity index (χ0v) is 32.8. The smallest absolute Gasteiger partial charge is 0.338 e. The number of carbonyl (C=O) groups excluding carboxylic acids is 2. The molecule has 1 aromatic carbocycles. The quantitative estimate of drug-likeness (QED) is 0.273. The Balaban J connectivity index is 1.79. The Labute approximate surface area is 305 Å². The minimum atomic E-state index is -1.19. The monoisotopic (exact) mass is 717 g/mol. The number of likely N-dealkylation sites (N-methyl/N-ethyl adjacent to an activating group) is 1. The van der Waals surface area contributed by atoms with E-state index in [1.807, 2.05) is 66.6 Å². The number of methoxy groups -OCH3 is 1. The highest BCUT2D eigenvalue weighted by molar-refractivity contribution is 5.89. The van der Waals surface area contributed by atoms with Crippen molar-refractivity contribution >= 4 is 11.9 Å². The molecule has 0 amide bonds. The van der Waals surface area contributed by atoms with E-state index in [1.54, 1.807) is 38.3 Å². The molecule has 3 heterocycles. The zero-order valence-electron chi connectivity index (χ0n) is 32.8. The number of nitrogens with zero attached hydrogens (tertiary/aromatic N) is 1. The third-order valence-electron chi connectivity index (χ3n) is 11.3. The minimum Gasteiger partial charge on any atom is -0.457 e. The van der Waals surface area contributed by atoms with Gasteiger partial charge in [0.2, 0.25) is 0 Å². The summed E-state index contributed by atoms with van der Waals surface area (Å²) < 4.78 is 45.2. The van der Waals surface area contributed by atoms with Crippen LogP contribution in [0, 0.1) is 23.7 Å². The number of esters is 2. The topological polar surface area (TPSA) is 122 Å². The predicted octanol–water partition coefficient (Wildman–Crippen LogP) is 5.77. The molecule has 1 aromatic rings. The van der Waals surface area contributed by atoms with Crippen LogP contribution in [0.15, 0.2) is 42.5 Å². The summed E-state index contributed by atoms with van der Waals surface area (Å²) in [5.74, 6) is -3.79. The average Bonchev–Trinajstić information content (AvgIpc) is 3.09. The van der Waals surface area contributed by atoms with Crippen molar-refractivity contribution in [2.24, 2.45) is 23.7 Å². The van der Waals surface area contributed by atoms with Crippen LogP contribution in [0.3, 0.4) is 0 Å². The molecular weight excluding hydrogens is 654 g/mol. The number of benzene rings is 1. The summed E-state index contributed by atoms with van der Waals surface area (Å²) in [5, 5.41) is 11.9. The summed E-state index contributed by atoms with van der Waals surface area (Å²) in [6, 6.07) is 8.59. The van der Waals surface area contributed by atoms with E-state index in [0.717, 1.165) is 0 Å². The van der Waals surface area contributed by atoms with Gasteiger partial charge in [0, 0.05) is 18.9 Å². The highest BCUT2D eigenvalue weighted by atomic mass is 16.7. The van der Waals surface area contributed by atoms with Gasteiger partial charge in [-0.05, 0) is 91.6 Å². The molecule has 11 nitrogen and oxygen atoms in total. The van der Waals surface area contributed by atoms with Gasteiger partial charge in [-0.25, -0.2) is 4.79 Å². The van der Waals surface area contributed by atoms with Crippen LogP contribution in [0.1, 0.15) is 91.9 Å². The summed E-state index contributed by atoms with van der Waals surface area (Å²) in [5.41, 5.74) is 0.0462. The molecule has 0 saturated carbocycles. The second-order valence-electron chi connectivity index (χ2n) is 16.0. The lowest BCUT2D eigenvalue weighted by molar-refractivity contribution is -0.326. The van der Waals surface area contributed by atoms with Gasteiger partial charge in [0.1, 0.15) is 6.10 Å². The van der Waals surface area contributed by atoms with Crippen LogP contribution in [0.5, 0.6) is 0 Å². The molecular formula is C40H63NO10. The maximum absolute atomic E-state index is 13.7. The average molecular weight is 718 g/mol. The molecule has 11 heteroatoms. The lowest BCUT2D eigenvalue weighted by Gasteiger charge is -2.51. The van der Waals surface area contributed by atoms with Crippen molar-refractivity contribution in [3.05, 3.63) is 48.0 Å². The first kappa shape index (κ1) is 41.4. The second-order valence-corrected chi connectivity index (χ2v) is 16.0. The van der Waals surface area contributed by atoms with Gasteiger partial charge in [-0.1, -0.05) is 52.5 Å². The van der Waals surface area contributed by atoms with Gasteiger partial charge in [-0.3, -0.25) is 4.79 Å². The molecule has 0 spiro atoms. The molecule has 3 aliphatic rings. The van der Waals surface area contributed by atoms with Crippen LogP contribution in [0.25, 0.3) is 0 Å². The highest BCUT2D eigenvalue weighted by Gasteiger charge is 2.53. The van der Waals surface area contributed by atoms with E-state index < -0.39 is 72.0 Å². The van der Waals surface area contributed by atoms with Gasteiger partial charge in [-0.15, -0.1) is 0 Å². The highest BCUT2D eigenvalue weighted by Crippen LogP contribution is 2.44. The van der Waals surface area contributed by atoms with Crippen LogP contribution >= 0.6 is 0 Å². The summed E-state index contributed by atoms with van der Waals surface area (Å²) in [6.07, 6.45) is -3.89. The van der Waals surface area contributed by atoms with Crippen LogP contribution in [0.4, 0.5) is 0 Å². The number of carbonyl (C=O) groups is 2. The Morgan fingerprint density at radius 2 is 1.69 bits per heavy atom. The first-order valence-corrected chi connectivity index (χ1v) is 18.5. The number of aliphatic hydroxyl groups excluding tert-OH is 1. The van der Waals surface area contributed by atoms with E-state index in [4.69, 9.17) is 33.2 Å². The van der Waals surface area contributed by atoms with Gasteiger partial charge in [-0.2, -0.15) is 0 Å². The third-order valence-corrected chi connectivity index (χ3v) is 11.3. The summed E-state index contributed by atoms with van der Waals surface area (Å²) in [4.78, 5) is 29.2. The number of cyclic esters (lactones) is 1. The predicted molar refractivity (Wildman–Crippen MR) is 193 cm³/mol. The number of ether oxygens (including phenoxy) is 7. The van der Waals surface area contributed by atoms with Crippen LogP contribution in [0.2, 0.25) is 0 Å². The van der Waals surface area contributed by atoms with Crippen molar-refractivity contribution < 1.29 is 47.9 Å². The third kappa shape index (κ3) is 9.23. The first-order valence-electron chi connectivity index (χ1n) is 18.5. The molecule has 3 aliphatic heterocycles. The molecule has 2 bridgehead atoms. The molecule has 3 saturated heterocycles. The zero-order chi connectivity index (χ0) is 38.0. The van der Waals surface area contributed by atoms with Crippen molar-refractivity contribution in [2.45, 2.75) is 148 Å². The Morgan fingerprint density at radius 1 is 1.04 bits per heavy atom. The normalized spacial score (nSPS) is 41.0. The number of hydrogen-bond donors (Lipinski definition) is 1. The van der Waals surface area contributed by atoms with Crippen LogP contribution < -0.4 is 0 Å². The van der Waals surface area contributed by atoms with Gasteiger partial charge < -0.3 is 43.2 Å². The molecule has 0 aromatic heterocycles. The molecule has 0 unspecified atom stereocenters. The fraction of sp³-hybridized carbons (Fsp3) is 0.750. The molecule has 288 valence electrons. The minimum absolute atomic E-state index is 0.0886. The van der Waals surface area contributed by atoms with Crippen molar-refractivity contribution in [1.82, 2.24) is 4.90 Å². The Hall–Kier alpha value is -2.38. The van der Waals surface area contributed by atoms with Crippen molar-refractivity contribution in [3.63, 3.8) is 0 Å². The maximum atomic E-state index is 13.7.